The summed E-state index contributed by atoms with van der Waals surface area (Å²) in [6.07, 6.45) is 7.17. The lowest BCUT2D eigenvalue weighted by Crippen LogP contribution is -2.44. The first kappa shape index (κ1) is 21.5. The Morgan fingerprint density at radius 3 is 1.81 bits per heavy atom. The molecule has 0 aromatic heterocycles. The van der Waals surface area contributed by atoms with Crippen LogP contribution in [0.4, 0.5) is 0 Å². The normalized spacial score (nSPS) is 24.4. The summed E-state index contributed by atoms with van der Waals surface area (Å²) in [5, 5.41) is 7.14. The molecule has 5 heteroatoms. The number of nitrogens with one attached hydrogen (secondary N) is 2. The topological polar surface area (TPSA) is 59.6 Å². The van der Waals surface area contributed by atoms with Crippen LogP contribution in [0.2, 0.25) is 0 Å². The van der Waals surface area contributed by atoms with E-state index in [4.69, 9.17) is 9.47 Å². The highest BCUT2D eigenvalue weighted by Gasteiger charge is 2.34. The Kier molecular flexibility index (Phi) is 6.20. The number of carbonyl (C=O) groups excluding carboxylic acids is 1. The maximum absolute atomic E-state index is 13.4. The van der Waals surface area contributed by atoms with E-state index in [0.717, 1.165) is 42.8 Å². The minimum atomic E-state index is 0.00595. The fraction of sp³-hybridized carbons (Fsp3) is 0.519. The number of piperidine rings is 2. The third-order valence-corrected chi connectivity index (χ3v) is 7.25. The number of ether oxygens (including phenoxy) is 2. The van der Waals surface area contributed by atoms with Gasteiger partial charge in [-0.15, -0.1) is 0 Å². The lowest BCUT2D eigenvalue weighted by molar-refractivity contribution is 0.103. The predicted octanol–water partition coefficient (Wildman–Crippen LogP) is 4.72. The molecule has 5 rings (SSSR count). The van der Waals surface area contributed by atoms with Gasteiger partial charge in [-0.2, -0.15) is 0 Å². The van der Waals surface area contributed by atoms with Gasteiger partial charge in [-0.1, -0.05) is 37.1 Å². The maximum atomic E-state index is 13.4. The number of benzene rings is 2. The van der Waals surface area contributed by atoms with Crippen molar-refractivity contribution < 1.29 is 14.3 Å². The summed E-state index contributed by atoms with van der Waals surface area (Å²) in [7, 11) is 0. The molecule has 2 aromatic rings. The second kappa shape index (κ2) is 9.24. The Labute approximate surface area is 190 Å². The quantitative estimate of drug-likeness (QED) is 0.588. The van der Waals surface area contributed by atoms with Crippen molar-refractivity contribution in [3.8, 4) is 22.6 Å². The Morgan fingerprint density at radius 2 is 1.28 bits per heavy atom. The largest absolute Gasteiger partial charge is 0.488 e. The average molecular weight is 435 g/mol. The number of hydrogen-bond donors (Lipinski definition) is 2. The fourth-order valence-electron chi connectivity index (χ4n) is 5.43. The summed E-state index contributed by atoms with van der Waals surface area (Å²) in [5.74, 6) is 1.49. The van der Waals surface area contributed by atoms with Gasteiger partial charge in [0.25, 0.3) is 0 Å². The van der Waals surface area contributed by atoms with E-state index in [1.165, 1.54) is 25.7 Å². The van der Waals surface area contributed by atoms with E-state index < -0.39 is 0 Å². The van der Waals surface area contributed by atoms with Crippen LogP contribution in [-0.2, 0) is 0 Å². The van der Waals surface area contributed by atoms with E-state index in [0.29, 0.717) is 29.0 Å². The molecule has 2 N–H and O–H groups in total. The average Bonchev–Trinajstić information content (AvgIpc) is 3.14. The van der Waals surface area contributed by atoms with Gasteiger partial charge in [0.1, 0.15) is 23.7 Å². The molecule has 1 aliphatic carbocycles. The molecule has 2 saturated heterocycles. The van der Waals surface area contributed by atoms with Gasteiger partial charge >= 0.3 is 0 Å². The first-order chi connectivity index (χ1) is 15.6. The predicted molar refractivity (Wildman–Crippen MR) is 127 cm³/mol. The van der Waals surface area contributed by atoms with Crippen LogP contribution in [0.1, 0.15) is 68.3 Å². The Morgan fingerprint density at radius 1 is 0.750 bits per heavy atom. The van der Waals surface area contributed by atoms with Gasteiger partial charge < -0.3 is 20.1 Å². The Hall–Kier alpha value is -2.37. The van der Waals surface area contributed by atoms with Gasteiger partial charge in [-0.25, -0.2) is 0 Å². The van der Waals surface area contributed by atoms with Crippen molar-refractivity contribution in [1.82, 2.24) is 10.6 Å². The zero-order valence-electron chi connectivity index (χ0n) is 19.2. The molecule has 5 nitrogen and oxygen atoms in total. The number of ketones is 1. The van der Waals surface area contributed by atoms with Crippen molar-refractivity contribution in [2.45, 2.75) is 76.7 Å². The van der Waals surface area contributed by atoms with Gasteiger partial charge in [0.2, 0.25) is 0 Å². The van der Waals surface area contributed by atoms with E-state index >= 15 is 0 Å². The van der Waals surface area contributed by atoms with Gasteiger partial charge in [0.15, 0.2) is 5.78 Å². The molecule has 0 spiro atoms. The standard InChI is InChI=1S/C27H34N2O3/c1-17(21-11-3-5-15-28-21)31-23-13-8-10-20-25(23)19-9-7-14-24(26(19)27(20)30)32-18(2)22-12-4-6-16-29-22/h7-10,13-14,17-18,21-22,28-29H,3-6,11-12,15-16H2,1-2H3. The van der Waals surface area contributed by atoms with Gasteiger partial charge in [0, 0.05) is 28.8 Å². The van der Waals surface area contributed by atoms with Crippen molar-refractivity contribution >= 4 is 5.78 Å². The summed E-state index contributed by atoms with van der Waals surface area (Å²) in [6, 6.07) is 12.4. The molecule has 0 bridgehead atoms. The van der Waals surface area contributed by atoms with Crippen molar-refractivity contribution in [1.29, 1.82) is 0 Å². The van der Waals surface area contributed by atoms with Crippen molar-refractivity contribution in [3.63, 3.8) is 0 Å². The second-order valence-electron chi connectivity index (χ2n) is 9.45. The van der Waals surface area contributed by atoms with Crippen molar-refractivity contribution in [3.05, 3.63) is 47.5 Å². The summed E-state index contributed by atoms with van der Waals surface area (Å²) in [5.41, 5.74) is 3.21. The second-order valence-corrected chi connectivity index (χ2v) is 9.45. The SMILES string of the molecule is CC(Oc1cccc2c1C(=O)c1cccc(OC(C)C3CCCCN3)c1-2)C1CCCCN1. The van der Waals surface area contributed by atoms with Crippen LogP contribution in [0.25, 0.3) is 11.1 Å². The van der Waals surface area contributed by atoms with Gasteiger partial charge in [-0.05, 0) is 64.8 Å². The molecule has 0 amide bonds. The minimum absolute atomic E-state index is 0.00595. The third-order valence-electron chi connectivity index (χ3n) is 7.25. The highest BCUT2D eigenvalue weighted by Crippen LogP contribution is 2.46. The first-order valence-electron chi connectivity index (χ1n) is 12.2. The smallest absolute Gasteiger partial charge is 0.198 e. The molecule has 2 aromatic carbocycles. The van der Waals surface area contributed by atoms with Crippen LogP contribution < -0.4 is 20.1 Å². The molecule has 0 radical (unpaired) electrons. The number of fused-ring (bicyclic) bond motifs is 3. The fourth-order valence-corrected chi connectivity index (χ4v) is 5.43. The van der Waals surface area contributed by atoms with E-state index in [2.05, 4.69) is 24.5 Å². The Balaban J connectivity index is 1.43. The van der Waals surface area contributed by atoms with Crippen molar-refractivity contribution in [2.75, 3.05) is 13.1 Å². The van der Waals surface area contributed by atoms with Crippen LogP contribution in [-0.4, -0.2) is 43.2 Å². The first-order valence-corrected chi connectivity index (χ1v) is 12.2. The van der Waals surface area contributed by atoms with Crippen LogP contribution in [0.5, 0.6) is 11.5 Å². The molecular formula is C27H34N2O3. The molecule has 2 fully saturated rings. The third kappa shape index (κ3) is 4.04. The highest BCUT2D eigenvalue weighted by molar-refractivity contribution is 6.24. The number of carbonyl (C=O) groups is 1. The monoisotopic (exact) mass is 434 g/mol. The molecule has 170 valence electrons. The van der Waals surface area contributed by atoms with E-state index in [1.54, 1.807) is 0 Å². The zero-order chi connectivity index (χ0) is 22.1. The van der Waals surface area contributed by atoms with Crippen LogP contribution in [0, 0.1) is 0 Å². The van der Waals surface area contributed by atoms with Gasteiger partial charge in [-0.3, -0.25) is 4.79 Å². The lowest BCUT2D eigenvalue weighted by atomic mass is 10.00. The molecule has 2 aliphatic heterocycles. The highest BCUT2D eigenvalue weighted by atomic mass is 16.5. The summed E-state index contributed by atoms with van der Waals surface area (Å²) in [4.78, 5) is 13.4. The molecule has 4 atom stereocenters. The van der Waals surface area contributed by atoms with Crippen molar-refractivity contribution in [2.24, 2.45) is 0 Å². The van der Waals surface area contributed by atoms with Crippen LogP contribution in [0.15, 0.2) is 36.4 Å². The summed E-state index contributed by atoms with van der Waals surface area (Å²) in [6.45, 7) is 6.30. The van der Waals surface area contributed by atoms with Gasteiger partial charge in [0.05, 0.1) is 5.56 Å². The van der Waals surface area contributed by atoms with E-state index in [1.807, 2.05) is 36.4 Å². The van der Waals surface area contributed by atoms with E-state index in [9.17, 15) is 4.79 Å². The molecule has 0 saturated carbocycles. The summed E-state index contributed by atoms with van der Waals surface area (Å²) >= 11 is 0. The minimum Gasteiger partial charge on any atom is -0.488 e. The van der Waals surface area contributed by atoms with E-state index in [-0.39, 0.29) is 18.0 Å². The molecule has 2 heterocycles. The lowest BCUT2D eigenvalue weighted by Gasteiger charge is -2.30. The zero-order valence-corrected chi connectivity index (χ0v) is 19.2. The molecule has 4 unspecified atom stereocenters. The van der Waals surface area contributed by atoms with Crippen LogP contribution in [0.3, 0.4) is 0 Å². The Bertz CT molecular complexity index is 977. The number of hydrogen-bond acceptors (Lipinski definition) is 5. The summed E-state index contributed by atoms with van der Waals surface area (Å²) < 4.78 is 12.8. The molecule has 3 aliphatic rings. The molecule has 32 heavy (non-hydrogen) atoms. The number of rotatable bonds is 6. The maximum Gasteiger partial charge on any atom is 0.198 e. The molecular weight excluding hydrogens is 400 g/mol. The van der Waals surface area contributed by atoms with Crippen LogP contribution >= 0.6 is 0 Å².